The average molecular weight is 255 g/mol. The Kier molecular flexibility index (Phi) is 3.35. The van der Waals surface area contributed by atoms with Gasteiger partial charge in [0.25, 0.3) is 0 Å². The van der Waals surface area contributed by atoms with E-state index in [2.05, 4.69) is 0 Å². The maximum absolute atomic E-state index is 12.6. The highest BCUT2D eigenvalue weighted by Gasteiger charge is 2.63. The van der Waals surface area contributed by atoms with Crippen LogP contribution in [0.3, 0.4) is 0 Å². The van der Waals surface area contributed by atoms with Gasteiger partial charge in [-0.05, 0) is 20.8 Å². The molecule has 0 bridgehead atoms. The van der Waals surface area contributed by atoms with E-state index in [4.69, 9.17) is 9.84 Å². The fraction of sp³-hybridized carbons (Fsp3) is 0.900. The summed E-state index contributed by atoms with van der Waals surface area (Å²) in [6.07, 6.45) is -5.30. The Bertz CT molecular complexity index is 303. The highest BCUT2D eigenvalue weighted by Crippen LogP contribution is 2.45. The van der Waals surface area contributed by atoms with Crippen LogP contribution in [-0.2, 0) is 4.74 Å². The zero-order chi connectivity index (χ0) is 13.5. The van der Waals surface area contributed by atoms with Gasteiger partial charge in [0.05, 0.1) is 6.61 Å². The molecular weight excluding hydrogens is 239 g/mol. The van der Waals surface area contributed by atoms with Crippen molar-refractivity contribution in [2.75, 3.05) is 19.7 Å². The molecule has 1 saturated heterocycles. The standard InChI is InChI=1S/C10H16F3NO3/c1-8(2,3)17-7(16)14-4-9(5-14,6-15)10(11,12)13/h15H,4-6H2,1-3H3. The van der Waals surface area contributed by atoms with Crippen LogP contribution >= 0.6 is 0 Å². The van der Waals surface area contributed by atoms with Crippen molar-refractivity contribution < 1.29 is 27.8 Å². The van der Waals surface area contributed by atoms with Gasteiger partial charge in [0.2, 0.25) is 0 Å². The summed E-state index contributed by atoms with van der Waals surface area (Å²) in [5.41, 5.74) is -2.93. The van der Waals surface area contributed by atoms with E-state index in [1.165, 1.54) is 0 Å². The molecule has 0 aromatic heterocycles. The molecule has 0 aliphatic carbocycles. The van der Waals surface area contributed by atoms with Crippen LogP contribution in [0.1, 0.15) is 20.8 Å². The van der Waals surface area contributed by atoms with Gasteiger partial charge < -0.3 is 14.7 Å². The van der Waals surface area contributed by atoms with Crippen LogP contribution in [0, 0.1) is 5.41 Å². The van der Waals surface area contributed by atoms with E-state index < -0.39 is 43.0 Å². The van der Waals surface area contributed by atoms with Gasteiger partial charge in [-0.3, -0.25) is 0 Å². The zero-order valence-electron chi connectivity index (χ0n) is 9.97. The maximum atomic E-state index is 12.6. The Labute approximate surface area is 97.3 Å². The molecule has 0 radical (unpaired) electrons. The van der Waals surface area contributed by atoms with Gasteiger partial charge in [-0.15, -0.1) is 0 Å². The third-order valence-electron chi connectivity index (χ3n) is 2.54. The van der Waals surface area contributed by atoms with Crippen LogP contribution in [-0.4, -0.2) is 47.6 Å². The van der Waals surface area contributed by atoms with Gasteiger partial charge in [-0.1, -0.05) is 0 Å². The molecule has 0 atom stereocenters. The van der Waals surface area contributed by atoms with Gasteiger partial charge in [0.15, 0.2) is 0 Å². The minimum atomic E-state index is -4.51. The number of hydrogen-bond donors (Lipinski definition) is 1. The summed E-state index contributed by atoms with van der Waals surface area (Å²) in [5, 5.41) is 8.81. The smallest absolute Gasteiger partial charge is 0.410 e. The summed E-state index contributed by atoms with van der Waals surface area (Å²) in [6.45, 7) is 2.77. The molecule has 0 aromatic carbocycles. The van der Waals surface area contributed by atoms with Crippen molar-refractivity contribution in [2.45, 2.75) is 32.5 Å². The van der Waals surface area contributed by atoms with Crippen LogP contribution in [0.5, 0.6) is 0 Å². The molecule has 1 aliphatic rings. The molecule has 4 nitrogen and oxygen atoms in total. The molecule has 1 N–H and O–H groups in total. The molecule has 0 saturated carbocycles. The van der Waals surface area contributed by atoms with Gasteiger partial charge in [-0.2, -0.15) is 13.2 Å². The van der Waals surface area contributed by atoms with Crippen LogP contribution < -0.4 is 0 Å². The number of ether oxygens (including phenoxy) is 1. The topological polar surface area (TPSA) is 49.8 Å². The summed E-state index contributed by atoms with van der Waals surface area (Å²) in [6, 6.07) is 0. The number of nitrogens with zero attached hydrogens (tertiary/aromatic N) is 1. The molecule has 1 heterocycles. The number of halogens is 3. The molecule has 0 unspecified atom stereocenters. The predicted octanol–water partition coefficient (Wildman–Crippen LogP) is 1.78. The third kappa shape index (κ3) is 2.83. The van der Waals surface area contributed by atoms with E-state index in [0.717, 1.165) is 4.90 Å². The van der Waals surface area contributed by atoms with Crippen LogP contribution in [0.15, 0.2) is 0 Å². The number of hydrogen-bond acceptors (Lipinski definition) is 3. The monoisotopic (exact) mass is 255 g/mol. The van der Waals surface area contributed by atoms with Crippen LogP contribution in [0.2, 0.25) is 0 Å². The lowest BCUT2D eigenvalue weighted by Crippen LogP contribution is -2.67. The summed E-state index contributed by atoms with van der Waals surface area (Å²) < 4.78 is 42.7. The molecule has 1 aliphatic heterocycles. The highest BCUT2D eigenvalue weighted by molar-refractivity contribution is 5.69. The second-order valence-electron chi connectivity index (χ2n) is 5.27. The Balaban J connectivity index is 2.59. The number of amides is 1. The fourth-order valence-electron chi connectivity index (χ4n) is 1.51. The molecule has 1 fully saturated rings. The molecule has 0 spiro atoms. The van der Waals surface area contributed by atoms with Gasteiger partial charge in [0.1, 0.15) is 11.0 Å². The SMILES string of the molecule is CC(C)(C)OC(=O)N1CC(CO)(C(F)(F)F)C1. The first-order valence-corrected chi connectivity index (χ1v) is 5.16. The van der Waals surface area contributed by atoms with E-state index in [-0.39, 0.29) is 0 Å². The number of aliphatic hydroxyl groups excluding tert-OH is 1. The summed E-state index contributed by atoms with van der Waals surface area (Å²) in [4.78, 5) is 12.4. The second-order valence-corrected chi connectivity index (χ2v) is 5.27. The van der Waals surface area contributed by atoms with Crippen molar-refractivity contribution in [3.05, 3.63) is 0 Å². The van der Waals surface area contributed by atoms with Crippen molar-refractivity contribution in [3.8, 4) is 0 Å². The number of alkyl halides is 3. The summed E-state index contributed by atoms with van der Waals surface area (Å²) in [5.74, 6) is 0. The Morgan fingerprint density at radius 1 is 1.35 bits per heavy atom. The van der Waals surface area contributed by atoms with E-state index in [0.29, 0.717) is 0 Å². The lowest BCUT2D eigenvalue weighted by Gasteiger charge is -2.49. The van der Waals surface area contributed by atoms with E-state index in [1.54, 1.807) is 20.8 Å². The normalized spacial score (nSPS) is 19.8. The maximum Gasteiger partial charge on any atom is 0.410 e. The summed E-state index contributed by atoms with van der Waals surface area (Å²) in [7, 11) is 0. The van der Waals surface area contributed by atoms with Crippen molar-refractivity contribution in [1.82, 2.24) is 4.90 Å². The molecule has 1 amide bonds. The molecule has 17 heavy (non-hydrogen) atoms. The van der Waals surface area contributed by atoms with E-state index >= 15 is 0 Å². The van der Waals surface area contributed by atoms with Crippen molar-refractivity contribution in [2.24, 2.45) is 5.41 Å². The zero-order valence-corrected chi connectivity index (χ0v) is 9.97. The third-order valence-corrected chi connectivity index (χ3v) is 2.54. The van der Waals surface area contributed by atoms with Crippen LogP contribution in [0.4, 0.5) is 18.0 Å². The minimum Gasteiger partial charge on any atom is -0.444 e. The quantitative estimate of drug-likeness (QED) is 0.777. The van der Waals surface area contributed by atoms with E-state index in [9.17, 15) is 18.0 Å². The first-order chi connectivity index (χ1) is 7.51. The van der Waals surface area contributed by atoms with Crippen LogP contribution in [0.25, 0.3) is 0 Å². The lowest BCUT2D eigenvalue weighted by atomic mass is 9.80. The molecule has 0 aromatic rings. The number of rotatable bonds is 1. The first-order valence-electron chi connectivity index (χ1n) is 5.16. The predicted molar refractivity (Wildman–Crippen MR) is 53.4 cm³/mol. The lowest BCUT2D eigenvalue weighted by molar-refractivity contribution is -0.273. The van der Waals surface area contributed by atoms with Gasteiger partial charge >= 0.3 is 12.3 Å². The van der Waals surface area contributed by atoms with Crippen molar-refractivity contribution >= 4 is 6.09 Å². The number of likely N-dealkylation sites (tertiary alicyclic amines) is 1. The summed E-state index contributed by atoms with van der Waals surface area (Å²) >= 11 is 0. The van der Waals surface area contributed by atoms with Gasteiger partial charge in [-0.25, -0.2) is 4.79 Å². The van der Waals surface area contributed by atoms with Crippen molar-refractivity contribution in [3.63, 3.8) is 0 Å². The first kappa shape index (κ1) is 14.1. The molecule has 1 rings (SSSR count). The second kappa shape index (κ2) is 4.04. The van der Waals surface area contributed by atoms with Crippen molar-refractivity contribution in [1.29, 1.82) is 0 Å². The molecular formula is C10H16F3NO3. The van der Waals surface area contributed by atoms with Gasteiger partial charge in [0, 0.05) is 13.1 Å². The molecule has 100 valence electrons. The number of carbonyl (C=O) groups is 1. The Morgan fingerprint density at radius 3 is 2.12 bits per heavy atom. The number of aliphatic hydroxyl groups is 1. The minimum absolute atomic E-state index is 0.554. The average Bonchev–Trinajstić information content (AvgIpc) is 1.95. The Hall–Kier alpha value is -0.980. The largest absolute Gasteiger partial charge is 0.444 e. The highest BCUT2D eigenvalue weighted by atomic mass is 19.4. The molecule has 7 heteroatoms. The Morgan fingerprint density at radius 2 is 1.82 bits per heavy atom. The van der Waals surface area contributed by atoms with E-state index in [1.807, 2.05) is 0 Å². The fourth-order valence-corrected chi connectivity index (χ4v) is 1.51. The number of carbonyl (C=O) groups excluding carboxylic acids is 1.